The van der Waals surface area contributed by atoms with Gasteiger partial charge in [-0.15, -0.1) is 0 Å². The second-order valence-corrected chi connectivity index (χ2v) is 10.7. The van der Waals surface area contributed by atoms with Crippen molar-refractivity contribution in [3.8, 4) is 11.5 Å². The lowest BCUT2D eigenvalue weighted by atomic mass is 9.36. The number of aliphatic hydroxyl groups is 1. The first-order chi connectivity index (χ1) is 14.3. The van der Waals surface area contributed by atoms with E-state index in [1.165, 1.54) is 11.1 Å². The second-order valence-electron chi connectivity index (χ2n) is 10.7. The Balaban J connectivity index is 1.66. The highest BCUT2D eigenvalue weighted by atomic mass is 16.6. The number of nitrogens with zero attached hydrogens (tertiary/aromatic N) is 1. The van der Waals surface area contributed by atoms with Crippen LogP contribution in [-0.4, -0.2) is 59.2 Å². The number of benzene rings is 1. The van der Waals surface area contributed by atoms with Crippen LogP contribution in [0.3, 0.4) is 0 Å². The van der Waals surface area contributed by atoms with Gasteiger partial charge in [0.2, 0.25) is 0 Å². The van der Waals surface area contributed by atoms with E-state index in [-0.39, 0.29) is 28.6 Å². The van der Waals surface area contributed by atoms with Crippen LogP contribution in [0.4, 0.5) is 0 Å². The molecule has 2 aliphatic heterocycles. The number of aromatic hydroxyl groups is 1. The largest absolute Gasteiger partial charge is 0.504 e. The van der Waals surface area contributed by atoms with Gasteiger partial charge in [0.1, 0.15) is 11.7 Å². The molecule has 30 heavy (non-hydrogen) atoms. The van der Waals surface area contributed by atoms with Crippen LogP contribution in [-0.2, 0) is 16.6 Å². The molecule has 0 amide bonds. The van der Waals surface area contributed by atoms with Crippen molar-refractivity contribution in [2.75, 3.05) is 20.7 Å². The van der Waals surface area contributed by atoms with E-state index in [1.807, 2.05) is 6.92 Å². The number of likely N-dealkylation sites (tertiary alicyclic amines) is 1. The number of phenols is 1. The average Bonchev–Trinajstić information content (AvgIpc) is 3.09. The van der Waals surface area contributed by atoms with Crippen LogP contribution in [0.2, 0.25) is 0 Å². The number of rotatable bonds is 4. The summed E-state index contributed by atoms with van der Waals surface area (Å²) in [5, 5.41) is 22.4. The lowest BCUT2D eigenvalue weighted by molar-refractivity contribution is -0.247. The van der Waals surface area contributed by atoms with Crippen molar-refractivity contribution in [1.82, 2.24) is 4.90 Å². The molecule has 0 aromatic heterocycles. The highest BCUT2D eigenvalue weighted by Crippen LogP contribution is 2.75. The third-order valence-corrected chi connectivity index (χ3v) is 9.58. The molecule has 5 heteroatoms. The van der Waals surface area contributed by atoms with Gasteiger partial charge in [0, 0.05) is 30.0 Å². The van der Waals surface area contributed by atoms with Crippen molar-refractivity contribution in [2.45, 2.75) is 74.7 Å². The summed E-state index contributed by atoms with van der Waals surface area (Å²) >= 11 is 0. The molecule has 2 N–H and O–H groups in total. The zero-order valence-electron chi connectivity index (χ0n) is 18.4. The molecular weight excluding hydrogens is 378 g/mol. The molecule has 1 aromatic rings. The van der Waals surface area contributed by atoms with E-state index in [9.17, 15) is 10.2 Å². The molecule has 2 fully saturated rings. The molecule has 2 heterocycles. The molecular formula is C25H33NO4. The Morgan fingerprint density at radius 1 is 1.33 bits per heavy atom. The number of hydrogen-bond donors (Lipinski definition) is 2. The van der Waals surface area contributed by atoms with Gasteiger partial charge in [-0.25, -0.2) is 0 Å². The summed E-state index contributed by atoms with van der Waals surface area (Å²) in [7, 11) is 4.00. The third kappa shape index (κ3) is 1.80. The highest BCUT2D eigenvalue weighted by molar-refractivity contribution is 5.65. The van der Waals surface area contributed by atoms with Gasteiger partial charge in [-0.3, -0.25) is 0 Å². The van der Waals surface area contributed by atoms with Gasteiger partial charge in [0.05, 0.1) is 11.0 Å². The van der Waals surface area contributed by atoms with Crippen LogP contribution in [0.1, 0.15) is 50.7 Å². The van der Waals surface area contributed by atoms with Gasteiger partial charge in [0.15, 0.2) is 11.5 Å². The second kappa shape index (κ2) is 5.62. The zero-order valence-corrected chi connectivity index (χ0v) is 18.4. The summed E-state index contributed by atoms with van der Waals surface area (Å²) < 4.78 is 13.1. The molecule has 4 bridgehead atoms. The first-order valence-corrected chi connectivity index (χ1v) is 11.5. The fraction of sp³-hybridized carbons (Fsp3) is 0.680. The molecule has 5 nitrogen and oxygen atoms in total. The van der Waals surface area contributed by atoms with E-state index < -0.39 is 11.2 Å². The maximum Gasteiger partial charge on any atom is 0.165 e. The van der Waals surface area contributed by atoms with E-state index in [0.29, 0.717) is 11.8 Å². The molecule has 6 aliphatic rings. The van der Waals surface area contributed by atoms with Gasteiger partial charge in [-0.2, -0.15) is 0 Å². The molecule has 4 aliphatic carbocycles. The Bertz CT molecular complexity index is 957. The van der Waals surface area contributed by atoms with Crippen molar-refractivity contribution in [2.24, 2.45) is 11.3 Å². The summed E-state index contributed by atoms with van der Waals surface area (Å²) in [5.41, 5.74) is 0.625. The van der Waals surface area contributed by atoms with Gasteiger partial charge < -0.3 is 24.6 Å². The normalized spacial score (nSPS) is 44.5. The average molecular weight is 412 g/mol. The van der Waals surface area contributed by atoms with Crippen molar-refractivity contribution in [3.05, 3.63) is 35.4 Å². The third-order valence-electron chi connectivity index (χ3n) is 9.58. The maximum absolute atomic E-state index is 11.7. The van der Waals surface area contributed by atoms with Crippen LogP contribution < -0.4 is 4.74 Å². The van der Waals surface area contributed by atoms with E-state index >= 15 is 0 Å². The van der Waals surface area contributed by atoms with Gasteiger partial charge in [-0.05, 0) is 57.8 Å². The number of phenolic OH excluding ortho intramolecular Hbond substituents is 1. The fourth-order valence-corrected chi connectivity index (χ4v) is 8.44. The number of likely N-dealkylation sites (N-methyl/N-ethyl adjacent to an activating group) is 1. The number of fused-ring (bicyclic) bond motifs is 1. The van der Waals surface area contributed by atoms with E-state index in [4.69, 9.17) is 9.47 Å². The quantitative estimate of drug-likeness (QED) is 0.746. The van der Waals surface area contributed by atoms with Crippen molar-refractivity contribution < 1.29 is 19.7 Å². The zero-order chi connectivity index (χ0) is 21.1. The van der Waals surface area contributed by atoms with Gasteiger partial charge in [-0.1, -0.05) is 31.6 Å². The Morgan fingerprint density at radius 2 is 2.13 bits per heavy atom. The molecule has 2 spiro atoms. The van der Waals surface area contributed by atoms with E-state index in [1.54, 1.807) is 13.2 Å². The molecule has 162 valence electrons. The predicted octanol–water partition coefficient (Wildman–Crippen LogP) is 3.16. The maximum atomic E-state index is 11.7. The molecule has 7 atom stereocenters. The topological polar surface area (TPSA) is 62.2 Å². The molecule has 0 radical (unpaired) electrons. The van der Waals surface area contributed by atoms with Crippen molar-refractivity contribution in [3.63, 3.8) is 0 Å². The highest BCUT2D eigenvalue weighted by Gasteiger charge is 2.80. The number of piperidine rings is 1. The number of hydrogen-bond acceptors (Lipinski definition) is 5. The van der Waals surface area contributed by atoms with Gasteiger partial charge in [0.25, 0.3) is 0 Å². The van der Waals surface area contributed by atoms with E-state index in [2.05, 4.69) is 37.1 Å². The lowest BCUT2D eigenvalue weighted by Gasteiger charge is -2.72. The smallest absolute Gasteiger partial charge is 0.165 e. The Hall–Kier alpha value is -1.56. The van der Waals surface area contributed by atoms with Crippen LogP contribution in [0.15, 0.2) is 24.3 Å². The predicted molar refractivity (Wildman–Crippen MR) is 114 cm³/mol. The minimum atomic E-state index is -0.850. The van der Waals surface area contributed by atoms with E-state index in [0.717, 1.165) is 38.6 Å². The molecule has 2 unspecified atom stereocenters. The van der Waals surface area contributed by atoms with Crippen LogP contribution in [0, 0.1) is 11.3 Å². The standard InChI is InChI=1S/C25H33NO4/c1-5-8-22(2,28)17-14-23-9-10-25(17,29-4)21-24(23)11-12-26(3)18(23)13-15-6-7-16(27)20(30-21)19(15)24/h6-7,9-10,17-18,21,27-28H,5,8,11-14H2,1-4H3/t17?,18-,21-,22?,23-,24+,25-/m1/s1. The van der Waals surface area contributed by atoms with Gasteiger partial charge >= 0.3 is 0 Å². The summed E-state index contributed by atoms with van der Waals surface area (Å²) in [6.07, 6.45) is 8.86. The summed E-state index contributed by atoms with van der Waals surface area (Å²) in [5.74, 6) is 0.823. The summed E-state index contributed by atoms with van der Waals surface area (Å²) in [4.78, 5) is 2.51. The van der Waals surface area contributed by atoms with Crippen molar-refractivity contribution >= 4 is 0 Å². The summed E-state index contributed by atoms with van der Waals surface area (Å²) in [6, 6.07) is 4.23. The minimum absolute atomic E-state index is 0.0647. The summed E-state index contributed by atoms with van der Waals surface area (Å²) in [6.45, 7) is 5.11. The Labute approximate surface area is 178 Å². The fourth-order valence-electron chi connectivity index (χ4n) is 8.44. The first-order valence-electron chi connectivity index (χ1n) is 11.5. The Kier molecular flexibility index (Phi) is 3.59. The molecule has 1 saturated heterocycles. The van der Waals surface area contributed by atoms with Crippen LogP contribution in [0.5, 0.6) is 11.5 Å². The minimum Gasteiger partial charge on any atom is -0.504 e. The number of methoxy groups -OCH3 is 1. The Morgan fingerprint density at radius 3 is 2.87 bits per heavy atom. The molecule has 7 rings (SSSR count). The van der Waals surface area contributed by atoms with Crippen molar-refractivity contribution in [1.29, 1.82) is 0 Å². The first kappa shape index (κ1) is 19.1. The molecule has 1 aromatic carbocycles. The van der Waals surface area contributed by atoms with Crippen LogP contribution >= 0.6 is 0 Å². The lowest BCUT2D eigenvalue weighted by Crippen LogP contribution is -2.80. The number of ether oxygens (including phenoxy) is 2. The molecule has 1 saturated carbocycles. The van der Waals surface area contributed by atoms with Crippen LogP contribution in [0.25, 0.3) is 0 Å². The SMILES string of the molecule is CCCC(C)(O)C1C[C@@]23C=C[C@]1(OC)[C@@H]1Oc4c(O)ccc5c4[C@@]12CCN(C)[C@@H]3C5. The monoisotopic (exact) mass is 411 g/mol.